The number of aliphatic hydroxyl groups is 1. The second-order valence-corrected chi connectivity index (χ2v) is 6.11. The van der Waals surface area contributed by atoms with Crippen LogP contribution in [0.25, 0.3) is 0 Å². The summed E-state index contributed by atoms with van der Waals surface area (Å²) in [7, 11) is 0. The second kappa shape index (κ2) is 7.05. The molecule has 2 heterocycles. The molecule has 2 aromatic rings. The Morgan fingerprint density at radius 1 is 1.23 bits per heavy atom. The van der Waals surface area contributed by atoms with Crippen LogP contribution in [0, 0.1) is 6.92 Å². The highest BCUT2D eigenvalue weighted by Gasteiger charge is 2.20. The van der Waals surface area contributed by atoms with E-state index in [-0.39, 0.29) is 0 Å². The van der Waals surface area contributed by atoms with E-state index in [1.807, 2.05) is 24.5 Å². The smallest absolute Gasteiger partial charge is 0.0917 e. The van der Waals surface area contributed by atoms with Gasteiger partial charge in [-0.25, -0.2) is 0 Å². The summed E-state index contributed by atoms with van der Waals surface area (Å²) in [6, 6.07) is 8.15. The molecule has 0 aliphatic carbocycles. The van der Waals surface area contributed by atoms with Crippen LogP contribution in [0.3, 0.4) is 0 Å². The maximum atomic E-state index is 10.4. The maximum Gasteiger partial charge on any atom is 0.0917 e. The molecule has 1 aliphatic rings. The van der Waals surface area contributed by atoms with Gasteiger partial charge in [-0.1, -0.05) is 29.8 Å². The molecule has 0 radical (unpaired) electrons. The normalized spacial score (nSPS) is 18.5. The van der Waals surface area contributed by atoms with E-state index in [4.69, 9.17) is 0 Å². The van der Waals surface area contributed by atoms with Crippen molar-refractivity contribution in [3.05, 3.63) is 53.3 Å². The molecule has 0 saturated carbocycles. The van der Waals surface area contributed by atoms with Crippen LogP contribution in [0.2, 0.25) is 0 Å². The molecule has 3 rings (SSSR count). The second-order valence-electron chi connectivity index (χ2n) is 6.11. The average Bonchev–Trinajstić information content (AvgIpc) is 3.02. The highest BCUT2D eigenvalue weighted by molar-refractivity contribution is 5.24. The van der Waals surface area contributed by atoms with Crippen LogP contribution in [-0.4, -0.2) is 57.8 Å². The molecule has 5 heteroatoms. The van der Waals surface area contributed by atoms with E-state index in [1.165, 1.54) is 11.1 Å². The number of aromatic nitrogens is 2. The number of β-amino-alcohol motifs (C(OH)–C–C–N with tert-alkyl or cyclic N) is 1. The van der Waals surface area contributed by atoms with Crippen molar-refractivity contribution in [2.24, 2.45) is 0 Å². The summed E-state index contributed by atoms with van der Waals surface area (Å²) in [5, 5.41) is 17.2. The topological polar surface area (TPSA) is 55.4 Å². The van der Waals surface area contributed by atoms with E-state index in [2.05, 4.69) is 39.1 Å². The summed E-state index contributed by atoms with van der Waals surface area (Å²) in [4.78, 5) is 4.78. The van der Waals surface area contributed by atoms with Crippen LogP contribution in [-0.2, 0) is 6.54 Å². The minimum atomic E-state index is -0.402. The first-order valence-corrected chi connectivity index (χ1v) is 7.88. The first-order valence-electron chi connectivity index (χ1n) is 7.88. The van der Waals surface area contributed by atoms with Gasteiger partial charge in [-0.2, -0.15) is 5.10 Å². The average molecular weight is 300 g/mol. The summed E-state index contributed by atoms with van der Waals surface area (Å²) in [5.74, 6) is 0. The number of hydrogen-bond donors (Lipinski definition) is 2. The van der Waals surface area contributed by atoms with Crippen LogP contribution in [0.1, 0.15) is 22.8 Å². The van der Waals surface area contributed by atoms with Crippen molar-refractivity contribution in [3.8, 4) is 0 Å². The Bertz CT molecular complexity index is 576. The molecule has 22 heavy (non-hydrogen) atoms. The summed E-state index contributed by atoms with van der Waals surface area (Å²) in [6.45, 7) is 7.79. The molecule has 1 aliphatic heterocycles. The number of nitrogens with one attached hydrogen (secondary N) is 1. The summed E-state index contributed by atoms with van der Waals surface area (Å²) in [5.41, 5.74) is 3.44. The highest BCUT2D eigenvalue weighted by Crippen LogP contribution is 2.17. The zero-order valence-corrected chi connectivity index (χ0v) is 13.1. The fourth-order valence-corrected chi connectivity index (χ4v) is 2.98. The van der Waals surface area contributed by atoms with E-state index in [0.29, 0.717) is 6.54 Å². The molecule has 1 saturated heterocycles. The molecule has 5 nitrogen and oxygen atoms in total. The van der Waals surface area contributed by atoms with Gasteiger partial charge in [0, 0.05) is 51.0 Å². The summed E-state index contributed by atoms with van der Waals surface area (Å²) >= 11 is 0. The van der Waals surface area contributed by atoms with Crippen molar-refractivity contribution in [2.45, 2.75) is 19.6 Å². The lowest BCUT2D eigenvalue weighted by Gasteiger charge is -2.35. The van der Waals surface area contributed by atoms with Gasteiger partial charge in [0.2, 0.25) is 0 Å². The number of H-pyrrole nitrogens is 1. The lowest BCUT2D eigenvalue weighted by atomic mass is 10.1. The first-order chi connectivity index (χ1) is 10.7. The third-order valence-electron chi connectivity index (χ3n) is 4.28. The van der Waals surface area contributed by atoms with Gasteiger partial charge >= 0.3 is 0 Å². The van der Waals surface area contributed by atoms with Crippen molar-refractivity contribution in [3.63, 3.8) is 0 Å². The number of aromatic amines is 1. The molecule has 1 unspecified atom stereocenters. The fraction of sp³-hybridized carbons (Fsp3) is 0.471. The molecular formula is C17H24N4O. The molecule has 1 atom stereocenters. The lowest BCUT2D eigenvalue weighted by molar-refractivity contribution is 0.0701. The number of benzene rings is 1. The monoisotopic (exact) mass is 300 g/mol. The molecule has 1 aromatic carbocycles. The minimum Gasteiger partial charge on any atom is -0.387 e. The predicted octanol–water partition coefficient (Wildman–Crippen LogP) is 1.57. The van der Waals surface area contributed by atoms with Crippen LogP contribution in [0.15, 0.2) is 36.7 Å². The van der Waals surface area contributed by atoms with E-state index < -0.39 is 6.10 Å². The molecule has 1 aromatic heterocycles. The van der Waals surface area contributed by atoms with E-state index in [0.717, 1.165) is 38.3 Å². The Kier molecular flexibility index (Phi) is 4.87. The van der Waals surface area contributed by atoms with E-state index >= 15 is 0 Å². The van der Waals surface area contributed by atoms with E-state index in [9.17, 15) is 5.11 Å². The Labute approximate surface area is 131 Å². The fourth-order valence-electron chi connectivity index (χ4n) is 2.98. The van der Waals surface area contributed by atoms with Crippen molar-refractivity contribution < 1.29 is 5.11 Å². The minimum absolute atomic E-state index is 0.402. The van der Waals surface area contributed by atoms with Gasteiger partial charge in [0.25, 0.3) is 0 Å². The summed E-state index contributed by atoms with van der Waals surface area (Å²) < 4.78 is 0. The molecule has 0 spiro atoms. The van der Waals surface area contributed by atoms with Crippen LogP contribution in [0.5, 0.6) is 0 Å². The highest BCUT2D eigenvalue weighted by atomic mass is 16.3. The zero-order valence-electron chi connectivity index (χ0n) is 13.1. The number of aryl methyl sites for hydroxylation is 1. The van der Waals surface area contributed by atoms with Gasteiger partial charge in [0.15, 0.2) is 0 Å². The standard InChI is InChI=1S/C17H24N4O/c1-14-3-2-4-16(9-14)17(22)13-21-7-5-20(6-8-21)12-15-10-18-19-11-15/h2-4,9-11,17,22H,5-8,12-13H2,1H3,(H,18,19). The molecule has 0 amide bonds. The molecular weight excluding hydrogens is 276 g/mol. The van der Waals surface area contributed by atoms with Gasteiger partial charge in [-0.15, -0.1) is 0 Å². The van der Waals surface area contributed by atoms with Crippen molar-refractivity contribution in [2.75, 3.05) is 32.7 Å². The number of hydrogen-bond acceptors (Lipinski definition) is 4. The third-order valence-corrected chi connectivity index (χ3v) is 4.28. The number of nitrogens with zero attached hydrogens (tertiary/aromatic N) is 3. The van der Waals surface area contributed by atoms with Crippen molar-refractivity contribution in [1.82, 2.24) is 20.0 Å². The first kappa shape index (κ1) is 15.2. The van der Waals surface area contributed by atoms with E-state index in [1.54, 1.807) is 0 Å². The molecule has 1 fully saturated rings. The SMILES string of the molecule is Cc1cccc(C(O)CN2CCN(Cc3cn[nH]c3)CC2)c1. The molecule has 0 bridgehead atoms. The Hall–Kier alpha value is -1.69. The Balaban J connectivity index is 1.47. The van der Waals surface area contributed by atoms with Crippen molar-refractivity contribution in [1.29, 1.82) is 0 Å². The lowest BCUT2D eigenvalue weighted by Crippen LogP contribution is -2.47. The number of rotatable bonds is 5. The van der Waals surface area contributed by atoms with Crippen LogP contribution < -0.4 is 0 Å². The Morgan fingerprint density at radius 3 is 2.68 bits per heavy atom. The Morgan fingerprint density at radius 2 is 2.00 bits per heavy atom. The summed E-state index contributed by atoms with van der Waals surface area (Å²) in [6.07, 6.45) is 3.43. The van der Waals surface area contributed by atoms with Gasteiger partial charge in [-0.3, -0.25) is 14.9 Å². The largest absolute Gasteiger partial charge is 0.387 e. The quantitative estimate of drug-likeness (QED) is 0.880. The van der Waals surface area contributed by atoms with Gasteiger partial charge in [0.05, 0.1) is 12.3 Å². The van der Waals surface area contributed by atoms with Crippen LogP contribution in [0.4, 0.5) is 0 Å². The number of piperazine rings is 1. The van der Waals surface area contributed by atoms with Gasteiger partial charge in [-0.05, 0) is 12.5 Å². The zero-order chi connectivity index (χ0) is 15.4. The number of aliphatic hydroxyl groups excluding tert-OH is 1. The maximum absolute atomic E-state index is 10.4. The van der Waals surface area contributed by atoms with Crippen molar-refractivity contribution >= 4 is 0 Å². The third kappa shape index (κ3) is 3.94. The predicted molar refractivity (Wildman–Crippen MR) is 86.4 cm³/mol. The van der Waals surface area contributed by atoms with Crippen LogP contribution >= 0.6 is 0 Å². The molecule has 2 N–H and O–H groups in total. The molecule has 118 valence electrons. The van der Waals surface area contributed by atoms with Gasteiger partial charge < -0.3 is 5.11 Å². The van der Waals surface area contributed by atoms with Gasteiger partial charge in [0.1, 0.15) is 0 Å².